The summed E-state index contributed by atoms with van der Waals surface area (Å²) < 4.78 is 260. The molecule has 1 aromatic rings. The largest absolute Gasteiger partial charge is 0.460 e. The van der Waals surface area contributed by atoms with Crippen molar-refractivity contribution >= 4 is 11.4 Å². The fourth-order valence-electron chi connectivity index (χ4n) is 1.95. The van der Waals surface area contributed by atoms with E-state index in [0.29, 0.717) is 0 Å². The molecule has 0 bridgehead atoms. The van der Waals surface area contributed by atoms with Crippen LogP contribution in [0.25, 0.3) is 0 Å². The van der Waals surface area contributed by atoms with Crippen molar-refractivity contribution in [3.8, 4) is 0 Å². The molecule has 0 aromatic heterocycles. The third kappa shape index (κ3) is 3.67. The molecule has 0 N–H and O–H groups in total. The van der Waals surface area contributed by atoms with E-state index in [-0.39, 0.29) is 0 Å². The molecule has 0 unspecified atom stereocenters. The molecule has 0 aliphatic heterocycles. The minimum absolute atomic E-state index is 2.83. The number of halogens is 20. The van der Waals surface area contributed by atoms with Gasteiger partial charge in [-0.15, -0.1) is 5.12 Å². The summed E-state index contributed by atoms with van der Waals surface area (Å²) in [6.45, 7) is 0. The number of anilines is 2. The van der Waals surface area contributed by atoms with Crippen LogP contribution in [0.4, 0.5) is 99.5 Å². The first kappa shape index (κ1) is 29.5. The number of hydrogen-bond donors (Lipinski definition) is 0. The monoisotopic (exact) mass is 552 g/mol. The van der Waals surface area contributed by atoms with Gasteiger partial charge in [-0.3, -0.25) is 0 Å². The molecule has 0 saturated heterocycles. The zero-order valence-corrected chi connectivity index (χ0v) is 14.5. The smallest absolute Gasteiger partial charge is 0.201 e. The summed E-state index contributed by atoms with van der Waals surface area (Å²) in [6, 6.07) is -8.02. The van der Waals surface area contributed by atoms with Gasteiger partial charge in [0.25, 0.3) is 0 Å². The van der Waals surface area contributed by atoms with Crippen LogP contribution in [0.15, 0.2) is 0 Å². The Kier molecular flexibility index (Phi) is 6.92. The fraction of sp³-hybridized carbons (Fsp3) is 0.500. The lowest BCUT2D eigenvalue weighted by Gasteiger charge is -2.40. The molecular formula is C12F20N2. The van der Waals surface area contributed by atoms with Crippen molar-refractivity contribution in [2.75, 3.05) is 10.5 Å². The van der Waals surface area contributed by atoms with Gasteiger partial charge in [0.05, 0.1) is 0 Å². The van der Waals surface area contributed by atoms with E-state index < -0.39 is 81.0 Å². The van der Waals surface area contributed by atoms with Crippen molar-refractivity contribution in [3.05, 3.63) is 23.3 Å². The number of nitrogens with zero attached hydrogens (tertiary/aromatic N) is 2. The molecule has 1 aromatic carbocycles. The van der Waals surface area contributed by atoms with Gasteiger partial charge in [-0.25, -0.2) is 17.6 Å². The predicted octanol–water partition coefficient (Wildman–Crippen LogP) is 7.21. The molecule has 0 fully saturated rings. The van der Waals surface area contributed by atoms with Crippen LogP contribution in [-0.4, -0.2) is 35.9 Å². The van der Waals surface area contributed by atoms with Gasteiger partial charge >= 0.3 is 35.9 Å². The van der Waals surface area contributed by atoms with E-state index in [0.717, 1.165) is 0 Å². The van der Waals surface area contributed by atoms with E-state index in [1.54, 1.807) is 0 Å². The Morgan fingerprint density at radius 1 is 0.412 bits per heavy atom. The number of alkyl halides is 13. The molecule has 198 valence electrons. The first-order chi connectivity index (χ1) is 14.7. The van der Waals surface area contributed by atoms with Gasteiger partial charge in [-0.05, 0) is 5.34 Å². The predicted molar refractivity (Wildman–Crippen MR) is 65.3 cm³/mol. The van der Waals surface area contributed by atoms with Crippen molar-refractivity contribution in [3.63, 3.8) is 0 Å². The Morgan fingerprint density at radius 3 is 1.00 bits per heavy atom. The highest BCUT2D eigenvalue weighted by atomic mass is 19.4. The van der Waals surface area contributed by atoms with Gasteiger partial charge in [0.15, 0.2) is 34.6 Å². The summed E-state index contributed by atoms with van der Waals surface area (Å²) in [5.74, 6) is -48.7. The van der Waals surface area contributed by atoms with Gasteiger partial charge in [0, 0.05) is 0 Å². The van der Waals surface area contributed by atoms with Crippen LogP contribution in [0.2, 0.25) is 0 Å². The molecular weight excluding hydrogens is 552 g/mol. The molecule has 0 heterocycles. The highest BCUT2D eigenvalue weighted by Crippen LogP contribution is 2.61. The van der Waals surface area contributed by atoms with E-state index in [1.165, 1.54) is 0 Å². The highest BCUT2D eigenvalue weighted by molar-refractivity contribution is 5.59. The number of hydrogen-bond acceptors (Lipinski definition) is 2. The Labute approximate surface area is 170 Å². The van der Waals surface area contributed by atoms with Gasteiger partial charge in [0.1, 0.15) is 0 Å². The second-order valence-electron chi connectivity index (χ2n) is 5.80. The molecule has 0 aliphatic rings. The minimum atomic E-state index is -8.63. The maximum absolute atomic E-state index is 13.7. The zero-order chi connectivity index (χ0) is 27.6. The van der Waals surface area contributed by atoms with E-state index in [2.05, 4.69) is 0 Å². The van der Waals surface area contributed by atoms with E-state index in [1.807, 2.05) is 0 Å². The Bertz CT molecular complexity index is 903. The second kappa shape index (κ2) is 7.99. The molecule has 1 rings (SSSR count). The van der Waals surface area contributed by atoms with Gasteiger partial charge < -0.3 is 0 Å². The van der Waals surface area contributed by atoms with Crippen LogP contribution in [0.5, 0.6) is 0 Å². The van der Waals surface area contributed by atoms with Crippen LogP contribution in [0.1, 0.15) is 0 Å². The Morgan fingerprint density at radius 2 is 0.706 bits per heavy atom. The van der Waals surface area contributed by atoms with Crippen LogP contribution in [0.3, 0.4) is 0 Å². The number of benzene rings is 1. The van der Waals surface area contributed by atoms with Crippen LogP contribution in [0, 0.1) is 23.3 Å². The van der Waals surface area contributed by atoms with Crippen molar-refractivity contribution in [2.24, 2.45) is 0 Å². The van der Waals surface area contributed by atoms with Crippen molar-refractivity contribution in [2.45, 2.75) is 35.9 Å². The number of rotatable bonds is 7. The Hall–Kier alpha value is -2.58. The minimum Gasteiger partial charge on any atom is -0.201 e. The van der Waals surface area contributed by atoms with Gasteiger partial charge in [0.2, 0.25) is 0 Å². The maximum Gasteiger partial charge on any atom is 0.460 e. The average molecular weight is 552 g/mol. The lowest BCUT2D eigenvalue weighted by Crippen LogP contribution is -2.72. The van der Waals surface area contributed by atoms with Crippen LogP contribution < -0.4 is 10.5 Å². The Balaban J connectivity index is 3.81. The molecule has 0 spiro atoms. The van der Waals surface area contributed by atoms with Gasteiger partial charge in [-0.1, -0.05) is 13.4 Å². The second-order valence-corrected chi connectivity index (χ2v) is 5.80. The molecule has 0 radical (unpaired) electrons. The van der Waals surface area contributed by atoms with Crippen LogP contribution >= 0.6 is 0 Å². The topological polar surface area (TPSA) is 6.48 Å². The molecule has 2 nitrogen and oxygen atoms in total. The summed E-state index contributed by atoms with van der Waals surface area (Å²) in [5, 5.41) is -6.63. The molecule has 0 saturated carbocycles. The molecule has 22 heteroatoms. The summed E-state index contributed by atoms with van der Waals surface area (Å²) in [5.41, 5.74) is -7.06. The normalized spacial score (nSPS) is 14.5. The van der Waals surface area contributed by atoms with Crippen molar-refractivity contribution < 1.29 is 88.1 Å². The quantitative estimate of drug-likeness (QED) is 0.153. The average Bonchev–Trinajstić information content (AvgIpc) is 2.64. The lowest BCUT2D eigenvalue weighted by atomic mass is 9.96. The standard InChI is InChI=1S/C12F20N2/c13-1-3(15)6(34(31)32)4(16)2(14)5(1)33(30)12(28,29)10(23,24)8(19,20)7(17,18)9(21,22)11(25,26)27. The summed E-state index contributed by atoms with van der Waals surface area (Å²) in [4.78, 5) is 0. The van der Waals surface area contributed by atoms with Crippen molar-refractivity contribution in [1.82, 2.24) is 0 Å². The lowest BCUT2D eigenvalue weighted by molar-refractivity contribution is -0.441. The van der Waals surface area contributed by atoms with Crippen molar-refractivity contribution in [1.29, 1.82) is 0 Å². The zero-order valence-electron chi connectivity index (χ0n) is 14.5. The summed E-state index contributed by atoms with van der Waals surface area (Å²) in [6.07, 6.45) is -7.83. The van der Waals surface area contributed by atoms with Crippen LogP contribution in [-0.2, 0) is 0 Å². The first-order valence-corrected chi connectivity index (χ1v) is 7.14. The fourth-order valence-corrected chi connectivity index (χ4v) is 1.95. The van der Waals surface area contributed by atoms with E-state index >= 15 is 0 Å². The summed E-state index contributed by atoms with van der Waals surface area (Å²) in [7, 11) is 0. The van der Waals surface area contributed by atoms with E-state index in [9.17, 15) is 88.1 Å². The molecule has 34 heavy (non-hydrogen) atoms. The molecule has 0 atom stereocenters. The molecule has 0 aliphatic carbocycles. The molecule has 0 amide bonds. The first-order valence-electron chi connectivity index (χ1n) is 7.14. The third-order valence-electron chi connectivity index (χ3n) is 3.75. The summed E-state index contributed by atoms with van der Waals surface area (Å²) >= 11 is 0. The van der Waals surface area contributed by atoms with Gasteiger partial charge in [-0.2, -0.15) is 57.1 Å². The SMILES string of the molecule is Fc1c(F)c(N(F)C(F)(F)C(F)(F)C(F)(F)C(F)(F)C(F)(F)C(F)(F)F)c(F)c(F)c1N(F)F. The highest BCUT2D eigenvalue weighted by Gasteiger charge is 2.92. The maximum atomic E-state index is 13.7. The third-order valence-corrected chi connectivity index (χ3v) is 3.75. The van der Waals surface area contributed by atoms with E-state index in [4.69, 9.17) is 0 Å².